The number of carboxylic acids is 2. The summed E-state index contributed by atoms with van der Waals surface area (Å²) in [6.45, 7) is -0.854. The summed E-state index contributed by atoms with van der Waals surface area (Å²) < 4.78 is 4.26. The van der Waals surface area contributed by atoms with Gasteiger partial charge in [-0.3, -0.25) is 5.32 Å². The molecule has 1 aromatic carbocycles. The Morgan fingerprint density at radius 1 is 1.22 bits per heavy atom. The van der Waals surface area contributed by atoms with E-state index < -0.39 is 36.0 Å². The van der Waals surface area contributed by atoms with Gasteiger partial charge in [0.15, 0.2) is 6.61 Å². The van der Waals surface area contributed by atoms with Crippen molar-refractivity contribution in [3.05, 3.63) is 23.8 Å². The lowest BCUT2D eigenvalue weighted by Gasteiger charge is -2.09. The van der Waals surface area contributed by atoms with Crippen LogP contribution in [0.5, 0.6) is 5.75 Å². The number of aliphatic carboxylic acids is 1. The van der Waals surface area contributed by atoms with Crippen LogP contribution in [0.25, 0.3) is 0 Å². The number of carbonyl (C=O) groups is 3. The minimum atomic E-state index is -1.44. The van der Waals surface area contributed by atoms with Gasteiger partial charge in [0, 0.05) is 0 Å². The first-order valence-electron chi connectivity index (χ1n) is 4.62. The van der Waals surface area contributed by atoms with E-state index in [0.717, 1.165) is 6.07 Å². The second-order valence-electron chi connectivity index (χ2n) is 3.10. The van der Waals surface area contributed by atoms with Crippen molar-refractivity contribution >= 4 is 23.7 Å². The third-order valence-electron chi connectivity index (χ3n) is 1.82. The molecule has 4 N–H and O–H groups in total. The molecule has 0 bridgehead atoms. The Hall–Kier alpha value is -2.77. The highest BCUT2D eigenvalue weighted by molar-refractivity contribution is 6.01. The van der Waals surface area contributed by atoms with Crippen LogP contribution in [-0.2, 0) is 9.53 Å². The number of hydrogen-bond donors (Lipinski definition) is 4. The van der Waals surface area contributed by atoms with Crippen molar-refractivity contribution in [2.24, 2.45) is 0 Å². The maximum absolute atomic E-state index is 11.1. The molecule has 18 heavy (non-hydrogen) atoms. The molecule has 1 aromatic rings. The van der Waals surface area contributed by atoms with E-state index in [2.05, 4.69) is 4.74 Å². The zero-order valence-electron chi connectivity index (χ0n) is 8.91. The van der Waals surface area contributed by atoms with Gasteiger partial charge in [0.2, 0.25) is 0 Å². The monoisotopic (exact) mass is 255 g/mol. The topological polar surface area (TPSA) is 133 Å². The summed E-state index contributed by atoms with van der Waals surface area (Å²) in [5.41, 5.74) is -0.706. The summed E-state index contributed by atoms with van der Waals surface area (Å²) in [5.74, 6) is -3.32. The summed E-state index contributed by atoms with van der Waals surface area (Å²) in [5, 5.41) is 28.5. The van der Waals surface area contributed by atoms with E-state index in [1.807, 2.05) is 5.32 Å². The van der Waals surface area contributed by atoms with E-state index in [0.29, 0.717) is 0 Å². The number of aromatic carboxylic acids is 1. The molecule has 0 atom stereocenters. The Balaban J connectivity index is 2.84. The fourth-order valence-electron chi connectivity index (χ4n) is 1.14. The highest BCUT2D eigenvalue weighted by Gasteiger charge is 2.17. The highest BCUT2D eigenvalue weighted by Crippen LogP contribution is 2.25. The SMILES string of the molecule is O=C(O)COC(=O)Nc1cccc(O)c1C(=O)O. The number of hydrogen-bond acceptors (Lipinski definition) is 5. The van der Waals surface area contributed by atoms with Gasteiger partial charge in [-0.25, -0.2) is 14.4 Å². The lowest BCUT2D eigenvalue weighted by molar-refractivity contribution is -0.140. The van der Waals surface area contributed by atoms with Gasteiger partial charge in [-0.2, -0.15) is 0 Å². The quantitative estimate of drug-likeness (QED) is 0.622. The van der Waals surface area contributed by atoms with Gasteiger partial charge in [0.1, 0.15) is 11.3 Å². The number of phenols is 1. The Bertz CT molecular complexity index is 497. The molecule has 8 heteroatoms. The Morgan fingerprint density at radius 3 is 2.44 bits per heavy atom. The number of nitrogens with one attached hydrogen (secondary N) is 1. The van der Waals surface area contributed by atoms with Crippen LogP contribution in [0.2, 0.25) is 0 Å². The van der Waals surface area contributed by atoms with Crippen molar-refractivity contribution in [3.63, 3.8) is 0 Å². The summed E-state index contributed by atoms with van der Waals surface area (Å²) in [7, 11) is 0. The molecule has 0 aliphatic rings. The summed E-state index contributed by atoms with van der Waals surface area (Å²) in [6.07, 6.45) is -1.13. The molecule has 0 fully saturated rings. The van der Waals surface area contributed by atoms with Gasteiger partial charge in [-0.05, 0) is 12.1 Å². The van der Waals surface area contributed by atoms with Gasteiger partial charge in [0.05, 0.1) is 5.69 Å². The zero-order valence-corrected chi connectivity index (χ0v) is 8.91. The van der Waals surface area contributed by atoms with Crippen LogP contribution in [-0.4, -0.2) is 40.0 Å². The predicted octanol–water partition coefficient (Wildman–Crippen LogP) is 0.724. The molecule has 0 spiro atoms. The second kappa shape index (κ2) is 5.53. The van der Waals surface area contributed by atoms with Crippen LogP contribution >= 0.6 is 0 Å². The largest absolute Gasteiger partial charge is 0.507 e. The van der Waals surface area contributed by atoms with Gasteiger partial charge in [0.25, 0.3) is 0 Å². The number of carboxylic acid groups (broad SMARTS) is 2. The van der Waals surface area contributed by atoms with Crippen LogP contribution in [0.3, 0.4) is 0 Å². The van der Waals surface area contributed by atoms with E-state index in [9.17, 15) is 19.5 Å². The summed E-state index contributed by atoms with van der Waals surface area (Å²) in [6, 6.07) is 3.68. The average Bonchev–Trinajstić information content (AvgIpc) is 2.26. The summed E-state index contributed by atoms with van der Waals surface area (Å²) >= 11 is 0. The first kappa shape index (κ1) is 13.3. The van der Waals surface area contributed by atoms with Crippen molar-refractivity contribution in [3.8, 4) is 5.75 Å². The zero-order chi connectivity index (χ0) is 13.7. The van der Waals surface area contributed by atoms with E-state index in [1.165, 1.54) is 12.1 Å². The number of rotatable bonds is 4. The Morgan fingerprint density at radius 2 is 1.89 bits per heavy atom. The lowest BCUT2D eigenvalue weighted by atomic mass is 10.1. The van der Waals surface area contributed by atoms with E-state index in [4.69, 9.17) is 10.2 Å². The number of ether oxygens (including phenoxy) is 1. The first-order chi connectivity index (χ1) is 8.41. The predicted molar refractivity (Wildman–Crippen MR) is 57.7 cm³/mol. The molecular formula is C10H9NO7. The van der Waals surface area contributed by atoms with Crippen LogP contribution in [0, 0.1) is 0 Å². The summed E-state index contributed by atoms with van der Waals surface area (Å²) in [4.78, 5) is 32.1. The standard InChI is InChI=1S/C10H9NO7/c12-6-3-1-2-5(8(6)9(15)16)11-10(17)18-4-7(13)14/h1-3,12H,4H2,(H,11,17)(H,13,14)(H,15,16). The fraction of sp³-hybridized carbons (Fsp3) is 0.100. The average molecular weight is 255 g/mol. The third kappa shape index (κ3) is 3.37. The molecule has 1 rings (SSSR count). The molecule has 0 aliphatic carbocycles. The van der Waals surface area contributed by atoms with Crippen LogP contribution in [0.15, 0.2) is 18.2 Å². The molecule has 0 heterocycles. The van der Waals surface area contributed by atoms with Crippen LogP contribution in [0.1, 0.15) is 10.4 Å². The van der Waals surface area contributed by atoms with Gasteiger partial charge >= 0.3 is 18.0 Å². The number of amides is 1. The smallest absolute Gasteiger partial charge is 0.412 e. The van der Waals surface area contributed by atoms with Crippen molar-refractivity contribution in [1.29, 1.82) is 0 Å². The number of carbonyl (C=O) groups excluding carboxylic acids is 1. The Kier molecular flexibility index (Phi) is 4.08. The maximum atomic E-state index is 11.1. The lowest BCUT2D eigenvalue weighted by Crippen LogP contribution is -2.19. The Labute approximate surface area is 100 Å². The van der Waals surface area contributed by atoms with Gasteiger partial charge in [-0.1, -0.05) is 6.07 Å². The third-order valence-corrected chi connectivity index (χ3v) is 1.82. The van der Waals surface area contributed by atoms with E-state index >= 15 is 0 Å². The molecular weight excluding hydrogens is 246 g/mol. The molecule has 0 aliphatic heterocycles. The van der Waals surface area contributed by atoms with Crippen molar-refractivity contribution in [2.45, 2.75) is 0 Å². The fourth-order valence-corrected chi connectivity index (χ4v) is 1.14. The maximum Gasteiger partial charge on any atom is 0.412 e. The molecule has 1 amide bonds. The highest BCUT2D eigenvalue weighted by atomic mass is 16.6. The molecule has 0 aromatic heterocycles. The van der Waals surface area contributed by atoms with E-state index in [-0.39, 0.29) is 5.69 Å². The molecule has 8 nitrogen and oxygen atoms in total. The minimum Gasteiger partial charge on any atom is -0.507 e. The van der Waals surface area contributed by atoms with Gasteiger partial charge < -0.3 is 20.1 Å². The molecule has 0 unspecified atom stereocenters. The normalized spacial score (nSPS) is 9.56. The van der Waals surface area contributed by atoms with Crippen molar-refractivity contribution in [2.75, 3.05) is 11.9 Å². The van der Waals surface area contributed by atoms with Crippen LogP contribution < -0.4 is 5.32 Å². The molecule has 0 radical (unpaired) electrons. The molecule has 96 valence electrons. The molecule has 0 saturated heterocycles. The second-order valence-corrected chi connectivity index (χ2v) is 3.10. The van der Waals surface area contributed by atoms with Crippen LogP contribution in [0.4, 0.5) is 10.5 Å². The minimum absolute atomic E-state index is 0.196. The molecule has 0 saturated carbocycles. The van der Waals surface area contributed by atoms with Crippen molar-refractivity contribution in [1.82, 2.24) is 0 Å². The number of aromatic hydroxyl groups is 1. The van der Waals surface area contributed by atoms with E-state index in [1.54, 1.807) is 0 Å². The van der Waals surface area contributed by atoms with Crippen molar-refractivity contribution < 1.29 is 34.4 Å². The number of anilines is 1. The van der Waals surface area contributed by atoms with Gasteiger partial charge in [-0.15, -0.1) is 0 Å². The first-order valence-corrected chi connectivity index (χ1v) is 4.62. The number of benzene rings is 1.